The van der Waals surface area contributed by atoms with Crippen molar-refractivity contribution in [2.45, 2.75) is 31.7 Å². The molecule has 1 saturated carbocycles. The third-order valence-corrected chi connectivity index (χ3v) is 3.01. The Morgan fingerprint density at radius 2 is 2.27 bits per heavy atom. The summed E-state index contributed by atoms with van der Waals surface area (Å²) in [6, 6.07) is 6.19. The summed E-state index contributed by atoms with van der Waals surface area (Å²) in [5.74, 6) is 0.632. The van der Waals surface area contributed by atoms with Crippen molar-refractivity contribution < 1.29 is 4.52 Å². The first kappa shape index (κ1) is 8.92. The zero-order valence-corrected chi connectivity index (χ0v) is 8.73. The molecular formula is C12H14N2O. The zero-order valence-electron chi connectivity index (χ0n) is 8.73. The normalized spacial score (nSPS) is 18.3. The number of rotatable bonds is 2. The van der Waals surface area contributed by atoms with Crippen LogP contribution in [0.25, 0.3) is 11.0 Å². The number of nitrogens with two attached hydrogens (primary N) is 1. The first-order chi connectivity index (χ1) is 7.25. The van der Waals surface area contributed by atoms with Gasteiger partial charge in [-0.2, -0.15) is 0 Å². The Kier molecular flexibility index (Phi) is 1.83. The zero-order chi connectivity index (χ0) is 10.4. The SMILES string of the molecule is CC(N)c1ccc2c(C3CC3)noc2c1. The van der Waals surface area contributed by atoms with Gasteiger partial charge in [-0.25, -0.2) is 0 Å². The van der Waals surface area contributed by atoms with E-state index < -0.39 is 0 Å². The van der Waals surface area contributed by atoms with E-state index in [9.17, 15) is 0 Å². The molecule has 0 bridgehead atoms. The van der Waals surface area contributed by atoms with E-state index in [2.05, 4.69) is 17.3 Å². The van der Waals surface area contributed by atoms with Gasteiger partial charge in [-0.1, -0.05) is 11.2 Å². The van der Waals surface area contributed by atoms with Crippen molar-refractivity contribution in [3.63, 3.8) is 0 Å². The van der Waals surface area contributed by atoms with E-state index in [1.807, 2.05) is 13.0 Å². The minimum atomic E-state index is 0.0453. The second kappa shape index (κ2) is 3.07. The van der Waals surface area contributed by atoms with E-state index in [1.165, 1.54) is 12.8 Å². The van der Waals surface area contributed by atoms with Crippen molar-refractivity contribution in [3.05, 3.63) is 29.5 Å². The molecular weight excluding hydrogens is 188 g/mol. The van der Waals surface area contributed by atoms with E-state index in [0.717, 1.165) is 22.2 Å². The third-order valence-electron chi connectivity index (χ3n) is 3.01. The van der Waals surface area contributed by atoms with Crippen LogP contribution in [0.5, 0.6) is 0 Å². The Labute approximate surface area is 88.2 Å². The third kappa shape index (κ3) is 1.43. The second-order valence-electron chi connectivity index (χ2n) is 4.39. The fourth-order valence-corrected chi connectivity index (χ4v) is 1.91. The number of fused-ring (bicyclic) bond motifs is 1. The number of hydrogen-bond donors (Lipinski definition) is 1. The van der Waals surface area contributed by atoms with E-state index >= 15 is 0 Å². The summed E-state index contributed by atoms with van der Waals surface area (Å²) >= 11 is 0. The maximum atomic E-state index is 5.82. The standard InChI is InChI=1S/C12H14N2O/c1-7(13)9-4-5-10-11(6-9)15-14-12(10)8-2-3-8/h4-8H,2-3,13H2,1H3. The Hall–Kier alpha value is -1.35. The van der Waals surface area contributed by atoms with Crippen LogP contribution in [-0.4, -0.2) is 5.16 Å². The van der Waals surface area contributed by atoms with Crippen LogP contribution in [0.3, 0.4) is 0 Å². The van der Waals surface area contributed by atoms with E-state index in [1.54, 1.807) is 0 Å². The minimum absolute atomic E-state index is 0.0453. The van der Waals surface area contributed by atoms with Crippen molar-refractivity contribution >= 4 is 11.0 Å². The highest BCUT2D eigenvalue weighted by Crippen LogP contribution is 2.42. The van der Waals surface area contributed by atoms with Gasteiger partial charge in [0.2, 0.25) is 0 Å². The average molecular weight is 202 g/mol. The second-order valence-corrected chi connectivity index (χ2v) is 4.39. The molecule has 0 spiro atoms. The van der Waals surface area contributed by atoms with Gasteiger partial charge in [0.05, 0.1) is 5.69 Å². The summed E-state index contributed by atoms with van der Waals surface area (Å²) in [5, 5.41) is 5.30. The Balaban J connectivity index is 2.13. The quantitative estimate of drug-likeness (QED) is 0.814. The van der Waals surface area contributed by atoms with Gasteiger partial charge in [-0.3, -0.25) is 0 Å². The molecule has 1 aliphatic carbocycles. The highest BCUT2D eigenvalue weighted by Gasteiger charge is 2.28. The lowest BCUT2D eigenvalue weighted by atomic mass is 10.1. The molecule has 1 aromatic heterocycles. The lowest BCUT2D eigenvalue weighted by Gasteiger charge is -2.03. The van der Waals surface area contributed by atoms with E-state index in [4.69, 9.17) is 10.3 Å². The predicted molar refractivity (Wildman–Crippen MR) is 58.6 cm³/mol. The summed E-state index contributed by atoms with van der Waals surface area (Å²) in [4.78, 5) is 0. The van der Waals surface area contributed by atoms with E-state index in [0.29, 0.717) is 5.92 Å². The molecule has 1 heterocycles. The molecule has 0 radical (unpaired) electrons. The number of hydrogen-bond acceptors (Lipinski definition) is 3. The maximum absolute atomic E-state index is 5.82. The van der Waals surface area contributed by atoms with Crippen LogP contribution in [0, 0.1) is 0 Å². The molecule has 0 saturated heterocycles. The van der Waals surface area contributed by atoms with Crippen LogP contribution in [0.4, 0.5) is 0 Å². The van der Waals surface area contributed by atoms with Gasteiger partial charge in [0.1, 0.15) is 0 Å². The average Bonchev–Trinajstić information content (AvgIpc) is 2.98. The fraction of sp³-hybridized carbons (Fsp3) is 0.417. The highest BCUT2D eigenvalue weighted by atomic mass is 16.5. The molecule has 15 heavy (non-hydrogen) atoms. The van der Waals surface area contributed by atoms with Gasteiger partial charge < -0.3 is 10.3 Å². The molecule has 0 amide bonds. The molecule has 3 nitrogen and oxygen atoms in total. The van der Waals surface area contributed by atoms with Gasteiger partial charge in [0, 0.05) is 17.3 Å². The van der Waals surface area contributed by atoms with Crippen molar-refractivity contribution in [3.8, 4) is 0 Å². The first-order valence-corrected chi connectivity index (χ1v) is 5.40. The summed E-state index contributed by atoms with van der Waals surface area (Å²) in [7, 11) is 0. The monoisotopic (exact) mass is 202 g/mol. The summed E-state index contributed by atoms with van der Waals surface area (Å²) in [6.07, 6.45) is 2.49. The molecule has 1 atom stereocenters. The first-order valence-electron chi connectivity index (χ1n) is 5.40. The smallest absolute Gasteiger partial charge is 0.167 e. The van der Waals surface area contributed by atoms with Gasteiger partial charge in [-0.15, -0.1) is 0 Å². The van der Waals surface area contributed by atoms with Crippen LogP contribution < -0.4 is 5.73 Å². The molecule has 1 fully saturated rings. The Morgan fingerprint density at radius 3 is 2.93 bits per heavy atom. The molecule has 1 unspecified atom stereocenters. The molecule has 1 aliphatic rings. The van der Waals surface area contributed by atoms with Gasteiger partial charge in [0.25, 0.3) is 0 Å². The lowest BCUT2D eigenvalue weighted by Crippen LogP contribution is -2.04. The van der Waals surface area contributed by atoms with Crippen molar-refractivity contribution in [2.24, 2.45) is 5.73 Å². The number of aromatic nitrogens is 1. The van der Waals surface area contributed by atoms with Crippen molar-refractivity contribution in [2.75, 3.05) is 0 Å². The number of benzene rings is 1. The summed E-state index contributed by atoms with van der Waals surface area (Å²) in [5.41, 5.74) is 8.91. The van der Waals surface area contributed by atoms with Crippen LogP contribution in [-0.2, 0) is 0 Å². The number of nitrogens with zero attached hydrogens (tertiary/aromatic N) is 1. The fourth-order valence-electron chi connectivity index (χ4n) is 1.91. The highest BCUT2D eigenvalue weighted by molar-refractivity contribution is 5.81. The van der Waals surface area contributed by atoms with E-state index in [-0.39, 0.29) is 6.04 Å². The van der Waals surface area contributed by atoms with Crippen LogP contribution >= 0.6 is 0 Å². The molecule has 0 aliphatic heterocycles. The molecule has 1 aromatic carbocycles. The summed E-state index contributed by atoms with van der Waals surface area (Å²) in [6.45, 7) is 1.97. The van der Waals surface area contributed by atoms with Crippen molar-refractivity contribution in [1.82, 2.24) is 5.16 Å². The maximum Gasteiger partial charge on any atom is 0.167 e. The molecule has 78 valence electrons. The van der Waals surface area contributed by atoms with Crippen LogP contribution in [0.15, 0.2) is 22.7 Å². The molecule has 2 N–H and O–H groups in total. The minimum Gasteiger partial charge on any atom is -0.356 e. The van der Waals surface area contributed by atoms with Crippen molar-refractivity contribution in [1.29, 1.82) is 0 Å². The van der Waals surface area contributed by atoms with Gasteiger partial charge >= 0.3 is 0 Å². The predicted octanol–water partition coefficient (Wildman–Crippen LogP) is 2.72. The Bertz CT molecular complexity index is 497. The van der Waals surface area contributed by atoms with Crippen LogP contribution in [0.2, 0.25) is 0 Å². The van der Waals surface area contributed by atoms with Crippen LogP contribution in [0.1, 0.15) is 43.0 Å². The topological polar surface area (TPSA) is 52.0 Å². The summed E-state index contributed by atoms with van der Waals surface area (Å²) < 4.78 is 5.34. The largest absolute Gasteiger partial charge is 0.356 e. The van der Waals surface area contributed by atoms with Gasteiger partial charge in [-0.05, 0) is 37.5 Å². The molecule has 2 aromatic rings. The Morgan fingerprint density at radius 1 is 1.47 bits per heavy atom. The molecule has 3 heteroatoms. The lowest BCUT2D eigenvalue weighted by molar-refractivity contribution is 0.446. The van der Waals surface area contributed by atoms with Gasteiger partial charge in [0.15, 0.2) is 5.58 Å². The molecule has 3 rings (SSSR count).